The van der Waals surface area contributed by atoms with Gasteiger partial charge in [-0.05, 0) is 25.1 Å². The molecule has 1 amide bonds. The minimum absolute atomic E-state index is 0.0469. The van der Waals surface area contributed by atoms with Gasteiger partial charge in [0.05, 0.1) is 36.6 Å². The van der Waals surface area contributed by atoms with Crippen molar-refractivity contribution in [3.05, 3.63) is 71.5 Å². The molecule has 4 rings (SSSR count). The molecule has 0 spiro atoms. The number of aromatic nitrogens is 3. The van der Waals surface area contributed by atoms with Crippen LogP contribution in [0.15, 0.2) is 54.6 Å². The van der Waals surface area contributed by atoms with Crippen LogP contribution in [0.2, 0.25) is 0 Å². The molecule has 0 radical (unpaired) electrons. The smallest absolute Gasteiger partial charge is 0.229 e. The first-order chi connectivity index (χ1) is 14.2. The van der Waals surface area contributed by atoms with Gasteiger partial charge in [-0.1, -0.05) is 41.6 Å². The normalized spacial score (nSPS) is 16.6. The van der Waals surface area contributed by atoms with E-state index in [0.717, 1.165) is 29.2 Å². The molecule has 2 heterocycles. The summed E-state index contributed by atoms with van der Waals surface area (Å²) in [6, 6.07) is 17.6. The van der Waals surface area contributed by atoms with E-state index in [2.05, 4.69) is 15.6 Å². The number of carbonyl (C=O) groups excluding carboxylic acids is 1. The monoisotopic (exact) mass is 391 g/mol. The molecular formula is C22H25N5O2. The maximum Gasteiger partial charge on any atom is 0.229 e. The average molecular weight is 391 g/mol. The van der Waals surface area contributed by atoms with Crippen molar-refractivity contribution in [1.29, 1.82) is 0 Å². The molecule has 0 saturated carbocycles. The van der Waals surface area contributed by atoms with E-state index in [1.165, 1.54) is 0 Å². The number of benzene rings is 2. The molecule has 0 bridgehead atoms. The summed E-state index contributed by atoms with van der Waals surface area (Å²) in [6.07, 6.45) is 0.227. The second-order valence-electron chi connectivity index (χ2n) is 7.09. The first-order valence-corrected chi connectivity index (χ1v) is 9.78. The highest BCUT2D eigenvalue weighted by Crippen LogP contribution is 2.30. The Kier molecular flexibility index (Phi) is 5.57. The number of ether oxygens (including phenoxy) is 1. The lowest BCUT2D eigenvalue weighted by Crippen LogP contribution is -2.49. The predicted molar refractivity (Wildman–Crippen MR) is 110 cm³/mol. The van der Waals surface area contributed by atoms with E-state index < -0.39 is 0 Å². The first-order valence-electron chi connectivity index (χ1n) is 9.78. The van der Waals surface area contributed by atoms with Gasteiger partial charge in [-0.15, -0.1) is 5.10 Å². The van der Waals surface area contributed by atoms with Gasteiger partial charge >= 0.3 is 0 Å². The van der Waals surface area contributed by atoms with E-state index in [1.807, 2.05) is 66.4 Å². The highest BCUT2D eigenvalue weighted by atomic mass is 16.5. The summed E-state index contributed by atoms with van der Waals surface area (Å²) in [5, 5.41) is 11.9. The molecule has 1 fully saturated rings. The molecule has 1 aliphatic heterocycles. The molecule has 7 nitrogen and oxygen atoms in total. The zero-order chi connectivity index (χ0) is 20.2. The molecule has 1 unspecified atom stereocenters. The molecule has 150 valence electrons. The van der Waals surface area contributed by atoms with Crippen LogP contribution in [0.4, 0.5) is 0 Å². The Labute approximate surface area is 170 Å². The number of amides is 1. The standard InChI is InChI=1S/C22H25N5O2/c1-16-19(24-25-27(16)17-8-4-3-5-9-17)14-22(28)26-13-12-23-15-20(26)18-10-6-7-11-21(18)29-2/h3-11,20,23H,12-15H2,1-2H3. The fourth-order valence-electron chi connectivity index (χ4n) is 3.81. The van der Waals surface area contributed by atoms with Crippen LogP contribution in [0.5, 0.6) is 5.75 Å². The number of rotatable bonds is 5. The zero-order valence-corrected chi connectivity index (χ0v) is 16.7. The summed E-state index contributed by atoms with van der Waals surface area (Å²) in [5.74, 6) is 0.843. The number of nitrogens with one attached hydrogen (secondary N) is 1. The number of methoxy groups -OCH3 is 1. The predicted octanol–water partition coefficient (Wildman–Crippen LogP) is 2.30. The fraction of sp³-hybridized carbons (Fsp3) is 0.318. The number of piperazine rings is 1. The van der Waals surface area contributed by atoms with Crippen molar-refractivity contribution >= 4 is 5.91 Å². The molecule has 3 aromatic rings. The third-order valence-corrected chi connectivity index (χ3v) is 5.37. The van der Waals surface area contributed by atoms with Crippen molar-refractivity contribution < 1.29 is 9.53 Å². The van der Waals surface area contributed by atoms with Crippen LogP contribution >= 0.6 is 0 Å². The highest BCUT2D eigenvalue weighted by Gasteiger charge is 2.30. The molecule has 7 heteroatoms. The van der Waals surface area contributed by atoms with Gasteiger partial charge in [0.1, 0.15) is 5.75 Å². The molecule has 2 aromatic carbocycles. The van der Waals surface area contributed by atoms with Gasteiger partial charge < -0.3 is 15.0 Å². The molecule has 0 aliphatic carbocycles. The molecule has 1 aromatic heterocycles. The lowest BCUT2D eigenvalue weighted by atomic mass is 10.0. The van der Waals surface area contributed by atoms with Crippen molar-refractivity contribution in [3.63, 3.8) is 0 Å². The Morgan fingerprint density at radius 1 is 1.17 bits per heavy atom. The van der Waals surface area contributed by atoms with Crippen LogP contribution in [0.3, 0.4) is 0 Å². The molecule has 1 N–H and O–H groups in total. The second-order valence-corrected chi connectivity index (χ2v) is 7.09. The van der Waals surface area contributed by atoms with E-state index in [-0.39, 0.29) is 18.4 Å². The van der Waals surface area contributed by atoms with Crippen LogP contribution < -0.4 is 10.1 Å². The third-order valence-electron chi connectivity index (χ3n) is 5.37. The minimum atomic E-state index is -0.0723. The lowest BCUT2D eigenvalue weighted by molar-refractivity contribution is -0.133. The maximum atomic E-state index is 13.2. The van der Waals surface area contributed by atoms with Crippen molar-refractivity contribution in [1.82, 2.24) is 25.2 Å². The molecule has 1 aliphatic rings. The molecule has 29 heavy (non-hydrogen) atoms. The van der Waals surface area contributed by atoms with Gasteiger partial charge in [-0.3, -0.25) is 4.79 Å². The quantitative estimate of drug-likeness (QED) is 0.723. The van der Waals surface area contributed by atoms with Crippen LogP contribution in [-0.4, -0.2) is 52.5 Å². The number of nitrogens with zero attached hydrogens (tertiary/aromatic N) is 4. The minimum Gasteiger partial charge on any atom is -0.496 e. The van der Waals surface area contributed by atoms with E-state index in [1.54, 1.807) is 11.8 Å². The van der Waals surface area contributed by atoms with Gasteiger partial charge in [0.15, 0.2) is 0 Å². The van der Waals surface area contributed by atoms with Crippen molar-refractivity contribution in [2.75, 3.05) is 26.7 Å². The summed E-state index contributed by atoms with van der Waals surface area (Å²) in [6.45, 7) is 4.06. The Bertz CT molecular complexity index is 986. The summed E-state index contributed by atoms with van der Waals surface area (Å²) in [5.41, 5.74) is 3.54. The van der Waals surface area contributed by atoms with Gasteiger partial charge in [0.2, 0.25) is 5.91 Å². The van der Waals surface area contributed by atoms with Crippen LogP contribution in [0.1, 0.15) is 23.0 Å². The fourth-order valence-corrected chi connectivity index (χ4v) is 3.81. The van der Waals surface area contributed by atoms with Crippen molar-refractivity contribution in [2.24, 2.45) is 0 Å². The van der Waals surface area contributed by atoms with E-state index in [4.69, 9.17) is 4.74 Å². The highest BCUT2D eigenvalue weighted by molar-refractivity contribution is 5.79. The summed E-state index contributed by atoms with van der Waals surface area (Å²) < 4.78 is 7.30. The van der Waals surface area contributed by atoms with Crippen LogP contribution in [-0.2, 0) is 11.2 Å². The van der Waals surface area contributed by atoms with Gasteiger partial charge in [-0.25, -0.2) is 4.68 Å². The van der Waals surface area contributed by atoms with Crippen LogP contribution in [0, 0.1) is 6.92 Å². The zero-order valence-electron chi connectivity index (χ0n) is 16.7. The van der Waals surface area contributed by atoms with Gasteiger partial charge in [0.25, 0.3) is 0 Å². The van der Waals surface area contributed by atoms with Gasteiger partial charge in [-0.2, -0.15) is 0 Å². The summed E-state index contributed by atoms with van der Waals surface area (Å²) in [7, 11) is 1.66. The maximum absolute atomic E-state index is 13.2. The first kappa shape index (κ1) is 19.1. The van der Waals surface area contributed by atoms with Crippen molar-refractivity contribution in [2.45, 2.75) is 19.4 Å². The number of para-hydroxylation sites is 2. The third kappa shape index (κ3) is 3.86. The Morgan fingerprint density at radius 2 is 1.93 bits per heavy atom. The van der Waals surface area contributed by atoms with E-state index in [0.29, 0.717) is 18.8 Å². The molecular weight excluding hydrogens is 366 g/mol. The van der Waals surface area contributed by atoms with E-state index in [9.17, 15) is 4.79 Å². The largest absolute Gasteiger partial charge is 0.496 e. The topological polar surface area (TPSA) is 72.3 Å². The Balaban J connectivity index is 1.56. The summed E-state index contributed by atoms with van der Waals surface area (Å²) >= 11 is 0. The summed E-state index contributed by atoms with van der Waals surface area (Å²) in [4.78, 5) is 15.2. The number of carbonyl (C=O) groups is 1. The SMILES string of the molecule is COc1ccccc1C1CNCCN1C(=O)Cc1nnn(-c2ccccc2)c1C. The number of hydrogen-bond acceptors (Lipinski definition) is 5. The lowest BCUT2D eigenvalue weighted by Gasteiger charge is -2.37. The Hall–Kier alpha value is -3.19. The molecule has 1 saturated heterocycles. The Morgan fingerprint density at radius 3 is 2.72 bits per heavy atom. The average Bonchev–Trinajstić information content (AvgIpc) is 3.14. The molecule has 1 atom stereocenters. The van der Waals surface area contributed by atoms with Crippen LogP contribution in [0.25, 0.3) is 5.69 Å². The van der Waals surface area contributed by atoms with E-state index >= 15 is 0 Å². The number of hydrogen-bond donors (Lipinski definition) is 1. The second kappa shape index (κ2) is 8.45. The van der Waals surface area contributed by atoms with Gasteiger partial charge in [0, 0.05) is 25.2 Å². The van der Waals surface area contributed by atoms with Crippen molar-refractivity contribution in [3.8, 4) is 11.4 Å².